The van der Waals surface area contributed by atoms with Gasteiger partial charge in [0.2, 0.25) is 0 Å². The number of hydrogen-bond acceptors (Lipinski definition) is 8. The molecule has 1 saturated heterocycles. The Morgan fingerprint density at radius 2 is 1.98 bits per heavy atom. The zero-order chi connectivity index (χ0) is 27.5. The average Bonchev–Trinajstić information content (AvgIpc) is 2.98. The summed E-state index contributed by atoms with van der Waals surface area (Å²) in [6, 6.07) is 23.2. The van der Waals surface area contributed by atoms with Crippen molar-refractivity contribution in [2.24, 2.45) is 0 Å². The molecule has 0 aliphatic carbocycles. The van der Waals surface area contributed by atoms with Gasteiger partial charge in [0, 0.05) is 50.2 Å². The van der Waals surface area contributed by atoms with Crippen LogP contribution < -0.4 is 21.1 Å². The van der Waals surface area contributed by atoms with Crippen molar-refractivity contribution in [3.63, 3.8) is 0 Å². The van der Waals surface area contributed by atoms with Gasteiger partial charge in [0.25, 0.3) is 5.56 Å². The summed E-state index contributed by atoms with van der Waals surface area (Å²) in [7, 11) is 1.98. The molecule has 0 amide bonds. The Kier molecular flexibility index (Phi) is 8.15. The van der Waals surface area contributed by atoms with Crippen LogP contribution in [0.4, 0.5) is 11.4 Å². The fourth-order valence-electron chi connectivity index (χ4n) is 5.23. The zero-order valence-corrected chi connectivity index (χ0v) is 24.3. The van der Waals surface area contributed by atoms with Gasteiger partial charge >= 0.3 is 0 Å². The molecule has 206 valence electrons. The number of rotatable bonds is 8. The Hall–Kier alpha value is -3.24. The molecule has 3 N–H and O–H groups in total. The summed E-state index contributed by atoms with van der Waals surface area (Å²) in [6.45, 7) is 4.86. The number of morpholine rings is 1. The van der Waals surface area contributed by atoms with Gasteiger partial charge in [-0.05, 0) is 81.0 Å². The summed E-state index contributed by atoms with van der Waals surface area (Å²) in [6.07, 6.45) is 2.51. The van der Waals surface area contributed by atoms with E-state index in [1.807, 2.05) is 32.2 Å². The largest absolute Gasteiger partial charge is 0.377 e. The van der Waals surface area contributed by atoms with Gasteiger partial charge in [-0.15, -0.1) is 0 Å². The Bertz CT molecular complexity index is 1560. The number of aromatic nitrogens is 2. The van der Waals surface area contributed by atoms with Gasteiger partial charge in [-0.1, -0.05) is 41.7 Å². The number of fused-ring (bicyclic) bond motifs is 2. The highest BCUT2D eigenvalue weighted by Gasteiger charge is 2.29. The highest BCUT2D eigenvalue weighted by atomic mass is 32.2. The predicted molar refractivity (Wildman–Crippen MR) is 163 cm³/mol. The summed E-state index contributed by atoms with van der Waals surface area (Å²) in [5.74, 6) is 0. The number of hydrogen-bond donors (Lipinski definition) is 3. The van der Waals surface area contributed by atoms with Crippen molar-refractivity contribution in [1.82, 2.24) is 15.3 Å². The maximum Gasteiger partial charge on any atom is 0.271 e. The molecule has 9 heteroatoms. The van der Waals surface area contributed by atoms with Gasteiger partial charge in [0.15, 0.2) is 0 Å². The van der Waals surface area contributed by atoms with Crippen LogP contribution in [0.1, 0.15) is 35.5 Å². The van der Waals surface area contributed by atoms with Crippen LogP contribution in [0, 0.1) is 6.92 Å². The molecule has 2 aromatic carbocycles. The molecule has 4 heterocycles. The van der Waals surface area contributed by atoms with E-state index in [1.165, 1.54) is 25.1 Å². The van der Waals surface area contributed by atoms with Crippen LogP contribution in [-0.2, 0) is 4.74 Å². The number of benzene rings is 2. The number of pyridine rings is 2. The molecule has 7 nitrogen and oxygen atoms in total. The first-order chi connectivity index (χ1) is 19.6. The molecule has 2 aliphatic rings. The van der Waals surface area contributed by atoms with Crippen LogP contribution in [0.25, 0.3) is 0 Å². The SMILES string of the molecule is CNCCC(Nc1ccc2c(c1)Sc1cccc(C3CN(c4ccc[nH]c4=O)CCO3)c1S2)c1cccc(C)n1. The lowest BCUT2D eigenvalue weighted by Gasteiger charge is -2.35. The van der Waals surface area contributed by atoms with E-state index in [0.29, 0.717) is 25.4 Å². The van der Waals surface area contributed by atoms with Gasteiger partial charge in [-0.25, -0.2) is 0 Å². The molecule has 0 saturated carbocycles. The van der Waals surface area contributed by atoms with E-state index < -0.39 is 0 Å². The monoisotopic (exact) mass is 571 g/mol. The van der Waals surface area contributed by atoms with Gasteiger partial charge < -0.3 is 25.3 Å². The molecule has 40 heavy (non-hydrogen) atoms. The average molecular weight is 572 g/mol. The molecular formula is C31H33N5O2S2. The molecule has 2 unspecified atom stereocenters. The quantitative estimate of drug-likeness (QED) is 0.208. The van der Waals surface area contributed by atoms with Crippen molar-refractivity contribution in [2.45, 2.75) is 45.1 Å². The highest BCUT2D eigenvalue weighted by Crippen LogP contribution is 2.52. The van der Waals surface area contributed by atoms with Gasteiger partial charge in [0.1, 0.15) is 11.8 Å². The minimum absolute atomic E-state index is 0.0621. The van der Waals surface area contributed by atoms with E-state index in [0.717, 1.165) is 30.0 Å². The van der Waals surface area contributed by atoms with Crippen molar-refractivity contribution >= 4 is 34.9 Å². The third-order valence-electron chi connectivity index (χ3n) is 7.23. The lowest BCUT2D eigenvalue weighted by molar-refractivity contribution is 0.0378. The highest BCUT2D eigenvalue weighted by molar-refractivity contribution is 8.05. The maximum atomic E-state index is 12.4. The van der Waals surface area contributed by atoms with Crippen LogP contribution in [0.15, 0.2) is 97.3 Å². The van der Waals surface area contributed by atoms with Crippen molar-refractivity contribution in [2.75, 3.05) is 43.5 Å². The number of aromatic amines is 1. The lowest BCUT2D eigenvalue weighted by atomic mass is 10.1. The summed E-state index contributed by atoms with van der Waals surface area (Å²) in [4.78, 5) is 27.1. The minimum atomic E-state index is -0.103. The van der Waals surface area contributed by atoms with E-state index in [-0.39, 0.29) is 17.7 Å². The van der Waals surface area contributed by atoms with E-state index in [9.17, 15) is 4.79 Å². The number of H-pyrrole nitrogens is 1. The molecule has 1 fully saturated rings. The fraction of sp³-hybridized carbons (Fsp3) is 0.290. The Labute approximate surface area is 243 Å². The molecule has 0 bridgehead atoms. The topological polar surface area (TPSA) is 82.3 Å². The standard InChI is InChI=1S/C31H33N5O2S2/c1-20-6-3-8-23(34-20)24(13-15-32-2)35-21-11-12-27-29(18-21)39-28-10-4-7-22(30(28)40-27)26-19-36(16-17-38-26)25-9-5-14-33-31(25)37/h3-12,14,18,24,26,32,35H,13,15-17,19H2,1-2H3,(H,33,37). The summed E-state index contributed by atoms with van der Waals surface area (Å²) >= 11 is 3.61. The number of anilines is 2. The Morgan fingerprint density at radius 3 is 2.83 bits per heavy atom. The normalized spacial score (nSPS) is 17.1. The molecule has 2 aromatic heterocycles. The molecule has 2 aliphatic heterocycles. The Balaban J connectivity index is 1.22. The van der Waals surface area contributed by atoms with Gasteiger partial charge in [-0.3, -0.25) is 9.78 Å². The first kappa shape index (κ1) is 27.0. The summed E-state index contributed by atoms with van der Waals surface area (Å²) in [5, 5.41) is 7.01. The minimum Gasteiger partial charge on any atom is -0.377 e. The Morgan fingerprint density at radius 1 is 1.07 bits per heavy atom. The first-order valence-electron chi connectivity index (χ1n) is 13.6. The second-order valence-corrected chi connectivity index (χ2v) is 12.2. The van der Waals surface area contributed by atoms with Crippen LogP contribution in [0.5, 0.6) is 0 Å². The number of ether oxygens (including phenoxy) is 1. The number of nitrogens with zero attached hydrogens (tertiary/aromatic N) is 2. The fourth-order valence-corrected chi connectivity index (χ4v) is 7.68. The third-order valence-corrected chi connectivity index (χ3v) is 9.84. The van der Waals surface area contributed by atoms with Gasteiger partial charge in [-0.2, -0.15) is 0 Å². The van der Waals surface area contributed by atoms with E-state index in [2.05, 4.69) is 69.0 Å². The van der Waals surface area contributed by atoms with E-state index in [4.69, 9.17) is 9.72 Å². The van der Waals surface area contributed by atoms with Crippen molar-refractivity contribution in [1.29, 1.82) is 0 Å². The zero-order valence-electron chi connectivity index (χ0n) is 22.6. The predicted octanol–water partition coefficient (Wildman–Crippen LogP) is 6.03. The molecule has 2 atom stereocenters. The van der Waals surface area contributed by atoms with Crippen LogP contribution in [-0.4, -0.2) is 43.3 Å². The summed E-state index contributed by atoms with van der Waals surface area (Å²) < 4.78 is 6.26. The van der Waals surface area contributed by atoms with Gasteiger partial charge in [0.05, 0.1) is 18.3 Å². The second-order valence-electron chi connectivity index (χ2n) is 10.0. The smallest absolute Gasteiger partial charge is 0.271 e. The number of nitrogens with one attached hydrogen (secondary N) is 3. The molecule has 4 aromatic rings. The summed E-state index contributed by atoms with van der Waals surface area (Å²) in [5.41, 5.74) is 4.99. The first-order valence-corrected chi connectivity index (χ1v) is 15.2. The lowest BCUT2D eigenvalue weighted by Crippen LogP contribution is -2.41. The second kappa shape index (κ2) is 12.1. The number of aryl methyl sites for hydroxylation is 1. The molecule has 0 radical (unpaired) electrons. The molecule has 6 rings (SSSR count). The van der Waals surface area contributed by atoms with Crippen molar-refractivity contribution in [3.05, 3.63) is 100 Å². The molecule has 0 spiro atoms. The van der Waals surface area contributed by atoms with E-state index in [1.54, 1.807) is 29.7 Å². The van der Waals surface area contributed by atoms with Crippen LogP contribution >= 0.6 is 23.5 Å². The van der Waals surface area contributed by atoms with Crippen molar-refractivity contribution < 1.29 is 4.74 Å². The van der Waals surface area contributed by atoms with Crippen LogP contribution in [0.2, 0.25) is 0 Å². The van der Waals surface area contributed by atoms with Crippen molar-refractivity contribution in [3.8, 4) is 0 Å². The molecular weight excluding hydrogens is 539 g/mol. The maximum absolute atomic E-state index is 12.4. The third kappa shape index (κ3) is 5.78. The van der Waals surface area contributed by atoms with Crippen LogP contribution in [0.3, 0.4) is 0 Å². The van der Waals surface area contributed by atoms with E-state index >= 15 is 0 Å².